The van der Waals surface area contributed by atoms with Crippen LogP contribution in [0.15, 0.2) is 36.9 Å². The zero-order chi connectivity index (χ0) is 10.9. The van der Waals surface area contributed by atoms with Crippen molar-refractivity contribution in [3.8, 4) is 0 Å². The fraction of sp³-hybridized carbons (Fsp3) is 0.385. The van der Waals surface area contributed by atoms with Crippen LogP contribution in [-0.4, -0.2) is 6.54 Å². The first-order valence-electron chi connectivity index (χ1n) is 5.43. The summed E-state index contributed by atoms with van der Waals surface area (Å²) in [7, 11) is 0. The molecule has 0 amide bonds. The minimum atomic E-state index is 1.07. The van der Waals surface area contributed by atoms with Crippen molar-refractivity contribution in [3.63, 3.8) is 0 Å². The van der Waals surface area contributed by atoms with Gasteiger partial charge in [0.1, 0.15) is 0 Å². The van der Waals surface area contributed by atoms with Gasteiger partial charge in [0.2, 0.25) is 0 Å². The highest BCUT2D eigenvalue weighted by Gasteiger charge is 1.92. The van der Waals surface area contributed by atoms with Crippen LogP contribution in [0.5, 0.6) is 0 Å². The summed E-state index contributed by atoms with van der Waals surface area (Å²) in [6, 6.07) is 8.48. The summed E-state index contributed by atoms with van der Waals surface area (Å²) in [4.78, 5) is 0. The van der Waals surface area contributed by atoms with Gasteiger partial charge in [0.05, 0.1) is 0 Å². The molecule has 0 aromatic heterocycles. The highest BCUT2D eigenvalue weighted by Crippen LogP contribution is 2.12. The zero-order valence-electron chi connectivity index (χ0n) is 9.01. The summed E-state index contributed by atoms with van der Waals surface area (Å²) in [6.45, 7) is 4.79. The molecule has 1 nitrogen and oxygen atoms in total. The van der Waals surface area contributed by atoms with Crippen LogP contribution in [0.4, 0.5) is 5.69 Å². The maximum absolute atomic E-state index is 3.72. The van der Waals surface area contributed by atoms with Crippen LogP contribution in [0.2, 0.25) is 0 Å². The molecule has 0 spiro atoms. The molecule has 0 aliphatic heterocycles. The number of benzene rings is 1. The second kappa shape index (κ2) is 7.74. The largest absolute Gasteiger partial charge is 0.385 e. The molecule has 0 radical (unpaired) electrons. The van der Waals surface area contributed by atoms with E-state index in [1.54, 1.807) is 0 Å². The van der Waals surface area contributed by atoms with E-state index in [-0.39, 0.29) is 0 Å². The molecule has 0 saturated carbocycles. The highest BCUT2D eigenvalue weighted by molar-refractivity contribution is 14.1. The van der Waals surface area contributed by atoms with Gasteiger partial charge >= 0.3 is 0 Å². The number of halogens is 1. The molecule has 15 heavy (non-hydrogen) atoms. The summed E-state index contributed by atoms with van der Waals surface area (Å²) >= 11 is 2.33. The van der Waals surface area contributed by atoms with Crippen molar-refractivity contribution in [2.45, 2.75) is 25.7 Å². The minimum absolute atomic E-state index is 1.07. The number of rotatable bonds is 7. The fourth-order valence-corrected chi connectivity index (χ4v) is 1.96. The molecule has 0 atom stereocenters. The van der Waals surface area contributed by atoms with E-state index in [1.165, 1.54) is 28.5 Å². The lowest BCUT2D eigenvalue weighted by Crippen LogP contribution is -2.01. The Bertz CT molecular complexity index is 296. The molecule has 0 unspecified atom stereocenters. The molecule has 0 aliphatic carbocycles. The Morgan fingerprint density at radius 1 is 1.27 bits per heavy atom. The molecule has 1 aromatic rings. The van der Waals surface area contributed by atoms with E-state index >= 15 is 0 Å². The van der Waals surface area contributed by atoms with Crippen molar-refractivity contribution in [2.75, 3.05) is 11.9 Å². The number of nitrogens with one attached hydrogen (secondary N) is 1. The Kier molecular flexibility index (Phi) is 6.48. The van der Waals surface area contributed by atoms with Crippen molar-refractivity contribution >= 4 is 28.3 Å². The lowest BCUT2D eigenvalue weighted by Gasteiger charge is -2.06. The lowest BCUT2D eigenvalue weighted by atomic mass is 10.2. The van der Waals surface area contributed by atoms with E-state index in [0.29, 0.717) is 0 Å². The molecule has 82 valence electrons. The number of hydrogen-bond acceptors (Lipinski definition) is 1. The van der Waals surface area contributed by atoms with E-state index in [9.17, 15) is 0 Å². The monoisotopic (exact) mass is 315 g/mol. The number of allylic oxidation sites excluding steroid dienone is 1. The van der Waals surface area contributed by atoms with Crippen LogP contribution in [0.1, 0.15) is 25.7 Å². The van der Waals surface area contributed by atoms with Crippen LogP contribution >= 0.6 is 22.6 Å². The maximum Gasteiger partial charge on any atom is 0.0350 e. The first kappa shape index (κ1) is 12.6. The average molecular weight is 315 g/mol. The molecular formula is C13H18IN. The second-order valence-corrected chi connectivity index (χ2v) is 4.82. The maximum atomic E-state index is 3.72. The summed E-state index contributed by atoms with van der Waals surface area (Å²) < 4.78 is 1.28. The van der Waals surface area contributed by atoms with Gasteiger partial charge in [0.15, 0.2) is 0 Å². The van der Waals surface area contributed by atoms with E-state index in [1.807, 2.05) is 6.08 Å². The summed E-state index contributed by atoms with van der Waals surface area (Å²) in [5.41, 5.74) is 1.23. The van der Waals surface area contributed by atoms with Crippen molar-refractivity contribution in [2.24, 2.45) is 0 Å². The third-order valence-corrected chi connectivity index (χ3v) is 2.91. The van der Waals surface area contributed by atoms with Gasteiger partial charge in [-0.1, -0.05) is 18.6 Å². The summed E-state index contributed by atoms with van der Waals surface area (Å²) in [5, 5.41) is 3.43. The fourth-order valence-electron chi connectivity index (χ4n) is 1.42. The standard InChI is InChI=1S/C13H18IN/c1-2-3-4-5-6-10-15-13-9-7-8-12(14)11-13/h2,7-9,11,15H,1,3-6,10H2. The van der Waals surface area contributed by atoms with Crippen LogP contribution < -0.4 is 5.32 Å². The molecule has 0 aliphatic rings. The van der Waals surface area contributed by atoms with Gasteiger partial charge in [-0.05, 0) is 60.1 Å². The lowest BCUT2D eigenvalue weighted by molar-refractivity contribution is 0.709. The Morgan fingerprint density at radius 3 is 2.87 bits per heavy atom. The average Bonchev–Trinajstić information content (AvgIpc) is 2.23. The molecular weight excluding hydrogens is 297 g/mol. The van der Waals surface area contributed by atoms with E-state index in [4.69, 9.17) is 0 Å². The molecule has 1 N–H and O–H groups in total. The van der Waals surface area contributed by atoms with Gasteiger partial charge < -0.3 is 5.32 Å². The molecule has 0 fully saturated rings. The van der Waals surface area contributed by atoms with E-state index in [0.717, 1.165) is 13.0 Å². The highest BCUT2D eigenvalue weighted by atomic mass is 127. The van der Waals surface area contributed by atoms with Crippen molar-refractivity contribution in [1.82, 2.24) is 0 Å². The minimum Gasteiger partial charge on any atom is -0.385 e. The van der Waals surface area contributed by atoms with Gasteiger partial charge in [-0.15, -0.1) is 6.58 Å². The Morgan fingerprint density at radius 2 is 2.13 bits per heavy atom. The van der Waals surface area contributed by atoms with Gasteiger partial charge in [0, 0.05) is 15.8 Å². The third-order valence-electron chi connectivity index (χ3n) is 2.24. The van der Waals surface area contributed by atoms with Gasteiger partial charge in [-0.25, -0.2) is 0 Å². The first-order chi connectivity index (χ1) is 7.33. The summed E-state index contributed by atoms with van der Waals surface area (Å²) in [6.07, 6.45) is 6.91. The van der Waals surface area contributed by atoms with E-state index < -0.39 is 0 Å². The quantitative estimate of drug-likeness (QED) is 0.445. The predicted molar refractivity (Wildman–Crippen MR) is 76.3 cm³/mol. The third kappa shape index (κ3) is 5.82. The zero-order valence-corrected chi connectivity index (χ0v) is 11.2. The number of unbranched alkanes of at least 4 members (excludes halogenated alkanes) is 3. The first-order valence-corrected chi connectivity index (χ1v) is 6.51. The van der Waals surface area contributed by atoms with Gasteiger partial charge in [0.25, 0.3) is 0 Å². The van der Waals surface area contributed by atoms with Gasteiger partial charge in [-0.2, -0.15) is 0 Å². The molecule has 2 heteroatoms. The van der Waals surface area contributed by atoms with Crippen LogP contribution in [0.3, 0.4) is 0 Å². The molecule has 0 heterocycles. The van der Waals surface area contributed by atoms with Crippen LogP contribution in [-0.2, 0) is 0 Å². The second-order valence-electron chi connectivity index (χ2n) is 3.58. The summed E-state index contributed by atoms with van der Waals surface area (Å²) in [5.74, 6) is 0. The van der Waals surface area contributed by atoms with Crippen LogP contribution in [0, 0.1) is 3.57 Å². The smallest absolute Gasteiger partial charge is 0.0350 e. The van der Waals surface area contributed by atoms with Crippen molar-refractivity contribution in [1.29, 1.82) is 0 Å². The SMILES string of the molecule is C=CCCCCCNc1cccc(I)c1. The van der Waals surface area contributed by atoms with Crippen molar-refractivity contribution < 1.29 is 0 Å². The predicted octanol–water partition coefficient (Wildman–Crippen LogP) is 4.45. The molecule has 1 aromatic carbocycles. The Labute approximate surface area is 106 Å². The normalized spacial score (nSPS) is 9.93. The topological polar surface area (TPSA) is 12.0 Å². The Hall–Kier alpha value is -0.510. The van der Waals surface area contributed by atoms with E-state index in [2.05, 4.69) is 58.8 Å². The van der Waals surface area contributed by atoms with Gasteiger partial charge in [-0.3, -0.25) is 0 Å². The molecule has 0 saturated heterocycles. The van der Waals surface area contributed by atoms with Crippen LogP contribution in [0.25, 0.3) is 0 Å². The Balaban J connectivity index is 2.12. The number of hydrogen-bond donors (Lipinski definition) is 1. The molecule has 1 rings (SSSR count). The number of anilines is 1. The van der Waals surface area contributed by atoms with Crippen molar-refractivity contribution in [3.05, 3.63) is 40.5 Å². The molecule has 0 bridgehead atoms.